The van der Waals surface area contributed by atoms with Gasteiger partial charge in [-0.25, -0.2) is 0 Å². The van der Waals surface area contributed by atoms with Gasteiger partial charge in [-0.15, -0.1) is 6.42 Å². The number of terminal acetylenes is 1. The third-order valence-corrected chi connectivity index (χ3v) is 1.81. The third kappa shape index (κ3) is 3.51. The van der Waals surface area contributed by atoms with Gasteiger partial charge < -0.3 is 10.1 Å². The Kier molecular flexibility index (Phi) is 4.60. The number of nitrogens with one attached hydrogen (secondary N) is 1. The van der Waals surface area contributed by atoms with E-state index in [9.17, 15) is 0 Å². The molecule has 14 heavy (non-hydrogen) atoms. The van der Waals surface area contributed by atoms with Crippen LogP contribution in [0.25, 0.3) is 0 Å². The van der Waals surface area contributed by atoms with Crippen molar-refractivity contribution in [1.82, 2.24) is 5.32 Å². The van der Waals surface area contributed by atoms with E-state index >= 15 is 0 Å². The Labute approximate surface area is 85.3 Å². The smallest absolute Gasteiger partial charge is 0.119 e. The van der Waals surface area contributed by atoms with Gasteiger partial charge >= 0.3 is 0 Å². The van der Waals surface area contributed by atoms with Crippen LogP contribution in [0.15, 0.2) is 30.3 Å². The Balaban J connectivity index is 2.37. The second-order valence-electron chi connectivity index (χ2n) is 2.90. The van der Waals surface area contributed by atoms with Crippen molar-refractivity contribution in [2.24, 2.45) is 0 Å². The van der Waals surface area contributed by atoms with Crippen molar-refractivity contribution in [2.45, 2.75) is 13.0 Å². The van der Waals surface area contributed by atoms with Crippen LogP contribution < -0.4 is 10.1 Å². The summed E-state index contributed by atoms with van der Waals surface area (Å²) < 4.78 is 5.51. The summed E-state index contributed by atoms with van der Waals surface area (Å²) in [5.74, 6) is 3.49. The maximum absolute atomic E-state index is 5.51. The molecule has 0 heterocycles. The van der Waals surface area contributed by atoms with E-state index < -0.39 is 0 Å². The van der Waals surface area contributed by atoms with E-state index in [2.05, 4.69) is 11.2 Å². The van der Waals surface area contributed by atoms with E-state index in [-0.39, 0.29) is 6.04 Å². The molecule has 74 valence electrons. The van der Waals surface area contributed by atoms with Crippen LogP contribution >= 0.6 is 0 Å². The molecule has 0 amide bonds. The molecule has 0 aliphatic heterocycles. The predicted molar refractivity (Wildman–Crippen MR) is 58.2 cm³/mol. The maximum atomic E-state index is 5.51. The van der Waals surface area contributed by atoms with Gasteiger partial charge in [-0.05, 0) is 18.7 Å². The zero-order valence-corrected chi connectivity index (χ0v) is 8.36. The Bertz CT molecular complexity index is 289. The monoisotopic (exact) mass is 189 g/mol. The van der Waals surface area contributed by atoms with Crippen LogP contribution in [-0.4, -0.2) is 19.2 Å². The second-order valence-corrected chi connectivity index (χ2v) is 2.90. The zero-order chi connectivity index (χ0) is 10.2. The van der Waals surface area contributed by atoms with Crippen LogP contribution in [-0.2, 0) is 0 Å². The average molecular weight is 189 g/mol. The summed E-state index contributed by atoms with van der Waals surface area (Å²) in [7, 11) is 0. The maximum Gasteiger partial charge on any atom is 0.119 e. The number of hydrogen-bond acceptors (Lipinski definition) is 2. The first-order valence-corrected chi connectivity index (χ1v) is 4.74. The van der Waals surface area contributed by atoms with Crippen LogP contribution in [0.4, 0.5) is 0 Å². The van der Waals surface area contributed by atoms with Crippen LogP contribution in [0.2, 0.25) is 0 Å². The quantitative estimate of drug-likeness (QED) is 0.711. The highest BCUT2D eigenvalue weighted by molar-refractivity contribution is 5.21. The van der Waals surface area contributed by atoms with E-state index in [1.54, 1.807) is 0 Å². The highest BCUT2D eigenvalue weighted by Crippen LogP contribution is 2.08. The lowest BCUT2D eigenvalue weighted by Gasteiger charge is -2.12. The molecule has 1 unspecified atom stereocenters. The van der Waals surface area contributed by atoms with Gasteiger partial charge in [0.25, 0.3) is 0 Å². The van der Waals surface area contributed by atoms with Crippen molar-refractivity contribution in [1.29, 1.82) is 0 Å². The van der Waals surface area contributed by atoms with Crippen molar-refractivity contribution in [3.05, 3.63) is 30.3 Å². The molecule has 0 spiro atoms. The molecular formula is C12H15NO. The van der Waals surface area contributed by atoms with Gasteiger partial charge in [0.05, 0.1) is 0 Å². The summed E-state index contributed by atoms with van der Waals surface area (Å²) in [6.07, 6.45) is 5.33. The molecule has 0 saturated carbocycles. The molecule has 1 rings (SSSR count). The van der Waals surface area contributed by atoms with Crippen molar-refractivity contribution >= 4 is 0 Å². The lowest BCUT2D eigenvalue weighted by molar-refractivity contribution is 0.292. The van der Waals surface area contributed by atoms with Crippen LogP contribution in [0, 0.1) is 12.3 Å². The second kappa shape index (κ2) is 6.06. The molecule has 2 nitrogen and oxygen atoms in total. The molecule has 0 bridgehead atoms. The number of hydrogen-bond donors (Lipinski definition) is 1. The Morgan fingerprint density at radius 1 is 1.43 bits per heavy atom. The number of ether oxygens (including phenoxy) is 1. The first-order chi connectivity index (χ1) is 6.86. The summed E-state index contributed by atoms with van der Waals surface area (Å²) in [5.41, 5.74) is 0. The Morgan fingerprint density at radius 3 is 2.71 bits per heavy atom. The number of rotatable bonds is 5. The van der Waals surface area contributed by atoms with Crippen LogP contribution in [0.3, 0.4) is 0 Å². The highest BCUT2D eigenvalue weighted by atomic mass is 16.5. The molecule has 0 fully saturated rings. The molecule has 1 aromatic carbocycles. The number of benzene rings is 1. The normalized spacial score (nSPS) is 11.7. The molecule has 0 saturated heterocycles. The fourth-order valence-corrected chi connectivity index (χ4v) is 1.11. The fraction of sp³-hybridized carbons (Fsp3) is 0.333. The molecule has 2 heteroatoms. The Hall–Kier alpha value is -1.46. The third-order valence-electron chi connectivity index (χ3n) is 1.81. The predicted octanol–water partition coefficient (Wildman–Crippen LogP) is 1.68. The van der Waals surface area contributed by atoms with Crippen molar-refractivity contribution < 1.29 is 4.74 Å². The average Bonchev–Trinajstić information content (AvgIpc) is 2.25. The van der Waals surface area contributed by atoms with E-state index in [1.807, 2.05) is 37.3 Å². The molecule has 0 aliphatic carbocycles. The molecule has 0 radical (unpaired) electrons. The minimum atomic E-state index is -0.0137. The Morgan fingerprint density at radius 2 is 2.14 bits per heavy atom. The van der Waals surface area contributed by atoms with Crippen molar-refractivity contribution in [3.63, 3.8) is 0 Å². The largest absolute Gasteiger partial charge is 0.491 e. The van der Waals surface area contributed by atoms with Gasteiger partial charge in [0.15, 0.2) is 0 Å². The van der Waals surface area contributed by atoms with Gasteiger partial charge in [0.2, 0.25) is 0 Å². The van der Waals surface area contributed by atoms with E-state index in [4.69, 9.17) is 11.2 Å². The minimum Gasteiger partial charge on any atom is -0.491 e. The highest BCUT2D eigenvalue weighted by Gasteiger charge is 2.02. The summed E-state index contributed by atoms with van der Waals surface area (Å²) in [6, 6.07) is 9.65. The lowest BCUT2D eigenvalue weighted by atomic mass is 10.3. The molecule has 1 atom stereocenters. The lowest BCUT2D eigenvalue weighted by Crippen LogP contribution is -2.32. The van der Waals surface area contributed by atoms with Crippen molar-refractivity contribution in [2.75, 3.05) is 13.2 Å². The molecule has 0 aliphatic rings. The van der Waals surface area contributed by atoms with Gasteiger partial charge in [-0.3, -0.25) is 0 Å². The molecular weight excluding hydrogens is 174 g/mol. The summed E-state index contributed by atoms with van der Waals surface area (Å²) in [4.78, 5) is 0. The van der Waals surface area contributed by atoms with Gasteiger partial charge in [0, 0.05) is 0 Å². The van der Waals surface area contributed by atoms with E-state index in [0.29, 0.717) is 6.61 Å². The molecule has 1 aromatic rings. The van der Waals surface area contributed by atoms with Gasteiger partial charge in [-0.2, -0.15) is 0 Å². The van der Waals surface area contributed by atoms with Crippen LogP contribution in [0.1, 0.15) is 6.92 Å². The summed E-state index contributed by atoms with van der Waals surface area (Å²) in [6.45, 7) is 3.38. The van der Waals surface area contributed by atoms with Gasteiger partial charge in [0.1, 0.15) is 18.4 Å². The fourth-order valence-electron chi connectivity index (χ4n) is 1.11. The zero-order valence-electron chi connectivity index (χ0n) is 8.36. The number of para-hydroxylation sites is 1. The standard InChI is InChI=1S/C12H15NO/c1-3-11(13-4-2)10-14-12-8-6-5-7-9-12/h1,5-9,11,13H,4,10H2,2H3. The first-order valence-electron chi connectivity index (χ1n) is 4.74. The molecule has 1 N–H and O–H groups in total. The first kappa shape index (κ1) is 10.6. The SMILES string of the molecule is C#CC(COc1ccccc1)NCC. The van der Waals surface area contributed by atoms with Crippen LogP contribution in [0.5, 0.6) is 5.75 Å². The summed E-state index contributed by atoms with van der Waals surface area (Å²) in [5, 5.41) is 3.14. The molecule has 0 aromatic heterocycles. The minimum absolute atomic E-state index is 0.0137. The van der Waals surface area contributed by atoms with E-state index in [0.717, 1.165) is 12.3 Å². The van der Waals surface area contributed by atoms with E-state index in [1.165, 1.54) is 0 Å². The van der Waals surface area contributed by atoms with Gasteiger partial charge in [-0.1, -0.05) is 31.0 Å². The topological polar surface area (TPSA) is 21.3 Å². The number of likely N-dealkylation sites (N-methyl/N-ethyl adjacent to an activating group) is 1. The summed E-state index contributed by atoms with van der Waals surface area (Å²) >= 11 is 0. The van der Waals surface area contributed by atoms with Crippen molar-refractivity contribution in [3.8, 4) is 18.1 Å².